The predicted molar refractivity (Wildman–Crippen MR) is 113 cm³/mol. The number of nitrogens with zero attached hydrogens (tertiary/aromatic N) is 1. The predicted octanol–water partition coefficient (Wildman–Crippen LogP) is 3.38. The molecule has 1 aliphatic rings. The number of ether oxygens (including phenoxy) is 1. The molecule has 0 aliphatic carbocycles. The molecular weight excluding hydrogens is 412 g/mol. The summed E-state index contributed by atoms with van der Waals surface area (Å²) in [4.78, 5) is 14.3. The summed E-state index contributed by atoms with van der Waals surface area (Å²) in [6, 6.07) is 12.1. The van der Waals surface area contributed by atoms with Gasteiger partial charge in [0.15, 0.2) is 0 Å². The molecule has 0 spiro atoms. The fraction of sp³-hybridized carbons (Fsp3) is 0.381. The quantitative estimate of drug-likeness (QED) is 0.721. The van der Waals surface area contributed by atoms with Crippen LogP contribution in [0.3, 0.4) is 0 Å². The zero-order valence-corrected chi connectivity index (χ0v) is 18.1. The number of sulfonamides is 1. The van der Waals surface area contributed by atoms with Gasteiger partial charge < -0.3 is 9.64 Å². The maximum Gasteiger partial charge on any atom is 0.253 e. The lowest BCUT2D eigenvalue weighted by molar-refractivity contribution is 0.0784. The number of amides is 1. The Labute approximate surface area is 176 Å². The Bertz CT molecular complexity index is 988. The molecule has 3 rings (SSSR count). The van der Waals surface area contributed by atoms with E-state index in [9.17, 15) is 13.2 Å². The SMILES string of the molecule is Cc1ccccc1CN(C)C(=O)c1ccc(Cl)c(S(=O)(=O)NCC2CCCO2)c1. The lowest BCUT2D eigenvalue weighted by Gasteiger charge is -2.19. The van der Waals surface area contributed by atoms with Gasteiger partial charge in [0.1, 0.15) is 4.90 Å². The summed E-state index contributed by atoms with van der Waals surface area (Å²) in [5, 5.41) is 0.0722. The summed E-state index contributed by atoms with van der Waals surface area (Å²) >= 11 is 6.14. The molecule has 6 nitrogen and oxygen atoms in total. The maximum absolute atomic E-state index is 12.9. The van der Waals surface area contributed by atoms with E-state index in [1.54, 1.807) is 11.9 Å². The summed E-state index contributed by atoms with van der Waals surface area (Å²) in [5.41, 5.74) is 2.39. The largest absolute Gasteiger partial charge is 0.377 e. The van der Waals surface area contributed by atoms with Gasteiger partial charge in [0.2, 0.25) is 10.0 Å². The van der Waals surface area contributed by atoms with Crippen molar-refractivity contribution in [3.63, 3.8) is 0 Å². The van der Waals surface area contributed by atoms with Crippen LogP contribution in [0.25, 0.3) is 0 Å². The first-order valence-electron chi connectivity index (χ1n) is 9.49. The number of nitrogens with one attached hydrogen (secondary N) is 1. The summed E-state index contributed by atoms with van der Waals surface area (Å²) in [5.74, 6) is -0.277. The molecule has 1 heterocycles. The van der Waals surface area contributed by atoms with Crippen LogP contribution in [0.1, 0.15) is 34.3 Å². The highest BCUT2D eigenvalue weighted by Crippen LogP contribution is 2.24. The second-order valence-electron chi connectivity index (χ2n) is 7.22. The van der Waals surface area contributed by atoms with Gasteiger partial charge in [-0.3, -0.25) is 4.79 Å². The number of carbonyl (C=O) groups excluding carboxylic acids is 1. The molecule has 2 aromatic carbocycles. The Kier molecular flexibility index (Phi) is 6.95. The molecule has 2 aromatic rings. The van der Waals surface area contributed by atoms with Gasteiger partial charge in [-0.15, -0.1) is 0 Å². The molecular formula is C21H25ClN2O4S. The van der Waals surface area contributed by atoms with Crippen LogP contribution in [0.4, 0.5) is 0 Å². The monoisotopic (exact) mass is 436 g/mol. The highest BCUT2D eigenvalue weighted by molar-refractivity contribution is 7.89. The Hall–Kier alpha value is -1.93. The number of hydrogen-bond acceptors (Lipinski definition) is 4. The first-order chi connectivity index (χ1) is 13.8. The van der Waals surface area contributed by atoms with Crippen molar-refractivity contribution in [2.45, 2.75) is 37.3 Å². The number of hydrogen-bond donors (Lipinski definition) is 1. The van der Waals surface area contributed by atoms with Crippen LogP contribution < -0.4 is 4.72 Å². The second-order valence-corrected chi connectivity index (χ2v) is 9.36. The summed E-state index contributed by atoms with van der Waals surface area (Å²) < 4.78 is 33.4. The molecule has 1 saturated heterocycles. The molecule has 1 fully saturated rings. The minimum absolute atomic E-state index is 0.0722. The summed E-state index contributed by atoms with van der Waals surface area (Å²) in [7, 11) is -2.17. The topological polar surface area (TPSA) is 75.7 Å². The van der Waals surface area contributed by atoms with Gasteiger partial charge in [-0.1, -0.05) is 35.9 Å². The van der Waals surface area contributed by atoms with E-state index >= 15 is 0 Å². The second kappa shape index (κ2) is 9.26. The van der Waals surface area contributed by atoms with E-state index in [1.165, 1.54) is 18.2 Å². The molecule has 1 aliphatic heterocycles. The van der Waals surface area contributed by atoms with Crippen LogP contribution in [0, 0.1) is 6.92 Å². The summed E-state index contributed by atoms with van der Waals surface area (Å²) in [6.45, 7) is 3.24. The maximum atomic E-state index is 12.9. The van der Waals surface area contributed by atoms with Gasteiger partial charge in [0, 0.05) is 32.3 Å². The third-order valence-electron chi connectivity index (χ3n) is 5.01. The van der Waals surface area contributed by atoms with Crippen LogP contribution in [-0.4, -0.2) is 45.5 Å². The Morgan fingerprint density at radius 2 is 2.03 bits per heavy atom. The van der Waals surface area contributed by atoms with E-state index in [0.29, 0.717) is 13.2 Å². The van der Waals surface area contributed by atoms with Crippen LogP contribution in [0.5, 0.6) is 0 Å². The van der Waals surface area contributed by atoms with Gasteiger partial charge >= 0.3 is 0 Å². The van der Waals surface area contributed by atoms with Crippen molar-refractivity contribution >= 4 is 27.5 Å². The lowest BCUT2D eigenvalue weighted by Crippen LogP contribution is -2.32. The highest BCUT2D eigenvalue weighted by atomic mass is 35.5. The van der Waals surface area contributed by atoms with Crippen molar-refractivity contribution in [1.82, 2.24) is 9.62 Å². The minimum Gasteiger partial charge on any atom is -0.377 e. The zero-order chi connectivity index (χ0) is 21.0. The van der Waals surface area contributed by atoms with E-state index in [1.807, 2.05) is 31.2 Å². The normalized spacial score (nSPS) is 16.7. The molecule has 29 heavy (non-hydrogen) atoms. The van der Waals surface area contributed by atoms with Crippen molar-refractivity contribution in [3.05, 3.63) is 64.2 Å². The van der Waals surface area contributed by atoms with Crippen LogP contribution in [0.15, 0.2) is 47.4 Å². The van der Waals surface area contributed by atoms with E-state index in [2.05, 4.69) is 4.72 Å². The molecule has 0 radical (unpaired) electrons. The van der Waals surface area contributed by atoms with Crippen LogP contribution in [-0.2, 0) is 21.3 Å². The van der Waals surface area contributed by atoms with E-state index in [4.69, 9.17) is 16.3 Å². The van der Waals surface area contributed by atoms with E-state index in [0.717, 1.165) is 24.0 Å². The third-order valence-corrected chi connectivity index (χ3v) is 6.91. The minimum atomic E-state index is -3.86. The number of aryl methyl sites for hydroxylation is 1. The van der Waals surface area contributed by atoms with Gasteiger partial charge in [-0.25, -0.2) is 13.1 Å². The highest BCUT2D eigenvalue weighted by Gasteiger charge is 2.24. The number of carbonyl (C=O) groups is 1. The standard InChI is InChI=1S/C21H25ClN2O4S/c1-15-6-3-4-7-17(15)14-24(2)21(25)16-9-10-19(22)20(12-16)29(26,27)23-13-18-8-5-11-28-18/h3-4,6-7,9-10,12,18,23H,5,8,11,13-14H2,1-2H3. The Morgan fingerprint density at radius 3 is 2.72 bits per heavy atom. The van der Waals surface area contributed by atoms with Crippen LogP contribution in [0.2, 0.25) is 5.02 Å². The Morgan fingerprint density at radius 1 is 1.28 bits per heavy atom. The average molecular weight is 437 g/mol. The van der Waals surface area contributed by atoms with Crippen molar-refractivity contribution in [1.29, 1.82) is 0 Å². The first-order valence-corrected chi connectivity index (χ1v) is 11.3. The van der Waals surface area contributed by atoms with Gasteiger partial charge in [0.05, 0.1) is 11.1 Å². The van der Waals surface area contributed by atoms with Crippen molar-refractivity contribution in [3.8, 4) is 0 Å². The average Bonchev–Trinajstić information content (AvgIpc) is 3.21. The Balaban J connectivity index is 1.76. The smallest absolute Gasteiger partial charge is 0.253 e. The van der Waals surface area contributed by atoms with Gasteiger partial charge in [-0.2, -0.15) is 0 Å². The van der Waals surface area contributed by atoms with Crippen molar-refractivity contribution in [2.75, 3.05) is 20.2 Å². The number of rotatable bonds is 7. The molecule has 156 valence electrons. The molecule has 1 amide bonds. The van der Waals surface area contributed by atoms with Gasteiger partial charge in [-0.05, 0) is 49.1 Å². The molecule has 8 heteroatoms. The van der Waals surface area contributed by atoms with Crippen LogP contribution >= 0.6 is 11.6 Å². The zero-order valence-electron chi connectivity index (χ0n) is 16.5. The molecule has 1 unspecified atom stereocenters. The molecule has 0 bridgehead atoms. The van der Waals surface area contributed by atoms with Crippen molar-refractivity contribution < 1.29 is 17.9 Å². The lowest BCUT2D eigenvalue weighted by atomic mass is 10.1. The fourth-order valence-electron chi connectivity index (χ4n) is 3.26. The van der Waals surface area contributed by atoms with Crippen molar-refractivity contribution in [2.24, 2.45) is 0 Å². The molecule has 1 N–H and O–H groups in total. The van der Waals surface area contributed by atoms with E-state index < -0.39 is 10.0 Å². The number of benzene rings is 2. The molecule has 0 saturated carbocycles. The molecule has 0 aromatic heterocycles. The molecule has 1 atom stereocenters. The number of halogens is 1. The fourth-order valence-corrected chi connectivity index (χ4v) is 4.85. The summed E-state index contributed by atoms with van der Waals surface area (Å²) in [6.07, 6.45) is 1.61. The van der Waals surface area contributed by atoms with Gasteiger partial charge in [0.25, 0.3) is 5.91 Å². The third kappa shape index (κ3) is 5.36. The van der Waals surface area contributed by atoms with E-state index in [-0.39, 0.29) is 34.0 Å². The first kappa shape index (κ1) is 21.8.